The molecule has 3 fully saturated rings. The maximum absolute atomic E-state index is 16.3. The van der Waals surface area contributed by atoms with Crippen molar-refractivity contribution < 1.29 is 145 Å². The minimum atomic E-state index is -4.96. The second-order valence-corrected chi connectivity index (χ2v) is 31.4. The fourth-order valence-electron chi connectivity index (χ4n) is 15.0. The summed E-state index contributed by atoms with van der Waals surface area (Å²) in [5.41, 5.74) is 2.85. The summed E-state index contributed by atoms with van der Waals surface area (Å²) in [5, 5.41) is 139. The zero-order chi connectivity index (χ0) is 89.1. The molecule has 11 bridgehead atoms. The van der Waals surface area contributed by atoms with E-state index >= 15 is 19.2 Å². The number of anilines is 1. The number of hydrogen-bond acceptors (Lipinski definition) is 29. The van der Waals surface area contributed by atoms with Crippen molar-refractivity contribution in [3.8, 4) is 62.9 Å². The smallest absolute Gasteiger partial charge is 0.508 e. The Labute approximate surface area is 706 Å². The predicted octanol–water partition coefficient (Wildman–Crippen LogP) is 1.99. The number of urea groups is 1. The van der Waals surface area contributed by atoms with Crippen molar-refractivity contribution in [2.24, 2.45) is 11.7 Å². The number of nitrogens with two attached hydrogens (primary N) is 1. The second kappa shape index (κ2) is 37.9. The zero-order valence-electron chi connectivity index (χ0n) is 65.8. The van der Waals surface area contributed by atoms with Crippen molar-refractivity contribution in [2.45, 2.75) is 169 Å². The summed E-state index contributed by atoms with van der Waals surface area (Å²) in [7, 11) is 1.46. The first-order chi connectivity index (χ1) is 58.2. The van der Waals surface area contributed by atoms with Gasteiger partial charge < -0.3 is 142 Å². The van der Waals surface area contributed by atoms with E-state index in [2.05, 4.69) is 52.6 Å². The molecule has 8 aliphatic heterocycles. The van der Waals surface area contributed by atoms with Crippen LogP contribution < -0.4 is 78.0 Å². The van der Waals surface area contributed by atoms with E-state index in [0.717, 1.165) is 84.9 Å². The van der Waals surface area contributed by atoms with Crippen LogP contribution in [-0.2, 0) is 57.3 Å². The highest BCUT2D eigenvalue weighted by atomic mass is 35.5. The Bertz CT molecular complexity index is 5010. The fraction of sp³-hybridized carbons (Fsp3) is 0.430. The number of fused-ring (bicyclic) bond motifs is 15. The van der Waals surface area contributed by atoms with Gasteiger partial charge in [-0.25, -0.2) is 10.3 Å². The molecule has 22 N–H and O–H groups in total. The fourth-order valence-corrected chi connectivity index (χ4v) is 15.5. The van der Waals surface area contributed by atoms with Crippen LogP contribution in [0.1, 0.15) is 105 Å². The van der Waals surface area contributed by atoms with Crippen molar-refractivity contribution in [2.75, 3.05) is 45.2 Å². The molecule has 1 unspecified atom stereocenters. The Kier molecular flexibility index (Phi) is 28.0. The van der Waals surface area contributed by atoms with Crippen LogP contribution in [0.5, 0.6) is 51.7 Å². The molecule has 123 heavy (non-hydrogen) atoms. The molecule has 14 rings (SSSR count). The number of aliphatic hydroxyl groups is 6. The standard InChI is InChI=1S/C79H89Cl2F3N12O27/c1-31(2)18-45(86-5)69(107)93-60-62(102)34-7-14-49(43(80)20-34)118-51-22-36-23-52(66(51)122-76-67(65(105)64(104)53(30-97)120-76)121-55-27-78(4,68(106)32(3)117-55)87-28-40-29-96(16-17-116-40)77(114)88-37-9-11-39(12-10-37)123-79(82,83)84)119-50-15-8-35(21-44(50)81)63(103)61-74(112)92-59(75(113)95-115)42-24-38(98)25-48(100)56(42)41-19-33(6-13-47(41)99)57(71(109)94-61)91-72(110)58(36)90-70(108)46(26-54(85)101)89-73(60)111/h6-15,19-25,31-32,40,45-46,53,55,57-65,67-68,76,86-87,97-100,102-106,115H,16-18,26-30H2,1-5H3,(H2,85,101)(H,88,114)(H,89,111)(H,90,108)(H,91,110)(H,92,112)(H,93,107)(H,94,109)(H,95,113)/t32-,40?,45+,46-,53+,55-,57+,58+,59+,60+,61-,62+,63+,64+,65-,67+,68+,76-,78-/m0/s1. The van der Waals surface area contributed by atoms with E-state index in [4.69, 9.17) is 62.1 Å². The lowest BCUT2D eigenvalue weighted by Gasteiger charge is -2.49. The number of primary amides is 1. The van der Waals surface area contributed by atoms with Gasteiger partial charge in [0.25, 0.3) is 5.91 Å². The van der Waals surface area contributed by atoms with Gasteiger partial charge in [0.2, 0.25) is 53.4 Å². The van der Waals surface area contributed by atoms with Crippen LogP contribution in [-0.4, -0.2) is 241 Å². The van der Waals surface area contributed by atoms with Crippen LogP contribution in [0.2, 0.25) is 10.0 Å². The molecular formula is C79H89Cl2F3N12O27. The second-order valence-electron chi connectivity index (χ2n) is 30.6. The van der Waals surface area contributed by atoms with E-state index < -0.39 is 278 Å². The maximum atomic E-state index is 16.3. The van der Waals surface area contributed by atoms with Gasteiger partial charge in [-0.1, -0.05) is 55.2 Å². The van der Waals surface area contributed by atoms with Gasteiger partial charge in [-0.15, -0.1) is 13.2 Å². The molecule has 6 aromatic rings. The number of halogens is 5. The number of phenolic OH excluding ortho intramolecular Hbond substituents is 3. The van der Waals surface area contributed by atoms with Gasteiger partial charge in [0.1, 0.15) is 101 Å². The number of morpholine rings is 1. The number of carbonyl (C=O) groups is 9. The van der Waals surface area contributed by atoms with E-state index in [1.165, 1.54) is 42.6 Å². The lowest BCUT2D eigenvalue weighted by atomic mass is 9.84. The molecule has 0 aliphatic carbocycles. The van der Waals surface area contributed by atoms with Crippen LogP contribution in [0.4, 0.5) is 23.7 Å². The summed E-state index contributed by atoms with van der Waals surface area (Å²) < 4.78 is 87.9. The molecule has 0 saturated carbocycles. The number of nitrogens with zero attached hydrogens (tertiary/aromatic N) is 1. The largest absolute Gasteiger partial charge is 0.573 e. The highest BCUT2D eigenvalue weighted by Crippen LogP contribution is 2.50. The Morgan fingerprint density at radius 3 is 1.98 bits per heavy atom. The third-order valence-corrected chi connectivity index (χ3v) is 21.9. The van der Waals surface area contributed by atoms with E-state index in [1.807, 2.05) is 0 Å². The first-order valence-corrected chi connectivity index (χ1v) is 39.1. The number of amides is 10. The number of hydroxylamine groups is 1. The van der Waals surface area contributed by atoms with Crippen molar-refractivity contribution in [1.29, 1.82) is 0 Å². The minimum absolute atomic E-state index is 0.0170. The monoisotopic (exact) mass is 1760 g/mol. The molecule has 39 nitrogen and oxygen atoms in total. The Balaban J connectivity index is 0.995. The quantitative estimate of drug-likeness (QED) is 0.0432. The Hall–Kier alpha value is -11.2. The third kappa shape index (κ3) is 20.7. The number of likely N-dealkylation sites (N-methyl/N-ethyl adjacent to an activating group) is 1. The van der Waals surface area contributed by atoms with Crippen molar-refractivity contribution in [3.63, 3.8) is 0 Å². The Morgan fingerprint density at radius 1 is 0.732 bits per heavy atom. The maximum Gasteiger partial charge on any atom is 0.573 e. The number of hydrogen-bond donors (Lipinski definition) is 21. The van der Waals surface area contributed by atoms with E-state index in [-0.39, 0.29) is 61.8 Å². The average Bonchev–Trinajstić information content (AvgIpc) is 0.763. The van der Waals surface area contributed by atoms with Crippen LogP contribution in [0.3, 0.4) is 0 Å². The molecule has 10 amide bonds. The highest BCUT2D eigenvalue weighted by molar-refractivity contribution is 6.32. The number of benzene rings is 6. The Morgan fingerprint density at radius 2 is 1.37 bits per heavy atom. The lowest BCUT2D eigenvalue weighted by molar-refractivity contribution is -0.334. The van der Waals surface area contributed by atoms with Gasteiger partial charge in [-0.05, 0) is 140 Å². The van der Waals surface area contributed by atoms with Crippen molar-refractivity contribution >= 4 is 82.2 Å². The number of alkyl halides is 3. The summed E-state index contributed by atoms with van der Waals surface area (Å²) in [6.07, 6.45) is -25.5. The van der Waals surface area contributed by atoms with Crippen molar-refractivity contribution in [1.82, 2.24) is 52.9 Å². The van der Waals surface area contributed by atoms with Gasteiger partial charge >= 0.3 is 12.4 Å². The number of carbonyl (C=O) groups excluding carboxylic acids is 9. The minimum Gasteiger partial charge on any atom is -0.508 e. The van der Waals surface area contributed by atoms with Crippen LogP contribution >= 0.6 is 23.2 Å². The number of aliphatic hydroxyl groups excluding tert-OH is 6. The lowest BCUT2D eigenvalue weighted by Crippen LogP contribution is -2.66. The summed E-state index contributed by atoms with van der Waals surface area (Å²) in [5.74, 6) is -16.7. The topological polar surface area (TPSA) is 579 Å². The first-order valence-electron chi connectivity index (χ1n) is 38.4. The molecule has 3 saturated heterocycles. The molecule has 0 spiro atoms. The van der Waals surface area contributed by atoms with Crippen LogP contribution in [0.25, 0.3) is 11.1 Å². The summed E-state index contributed by atoms with van der Waals surface area (Å²) in [4.78, 5) is 134. The van der Waals surface area contributed by atoms with Gasteiger partial charge in [0, 0.05) is 54.5 Å². The molecule has 0 radical (unpaired) electrons. The van der Waals surface area contributed by atoms with Crippen LogP contribution in [0.15, 0.2) is 103 Å². The molecule has 8 aliphatic rings. The molecule has 44 heteroatoms. The first kappa shape index (κ1) is 91.0. The molecular weight excluding hydrogens is 1680 g/mol. The van der Waals surface area contributed by atoms with Gasteiger partial charge in [0.05, 0.1) is 54.0 Å². The van der Waals surface area contributed by atoms with Gasteiger partial charge in [-0.3, -0.25) is 43.6 Å². The van der Waals surface area contributed by atoms with Gasteiger partial charge in [-0.2, -0.15) is 0 Å². The summed E-state index contributed by atoms with van der Waals surface area (Å²) >= 11 is 14.3. The number of ether oxygens (including phenoxy) is 8. The summed E-state index contributed by atoms with van der Waals surface area (Å²) in [6.45, 7) is 5.61. The third-order valence-electron chi connectivity index (χ3n) is 21.4. The number of aromatic hydroxyl groups is 3. The zero-order valence-corrected chi connectivity index (χ0v) is 67.3. The number of rotatable bonds is 18. The number of nitrogens with one attached hydrogen (secondary N) is 10. The molecule has 0 aromatic heterocycles. The van der Waals surface area contributed by atoms with E-state index in [9.17, 15) is 88.3 Å². The number of phenols is 3. The highest BCUT2D eigenvalue weighted by Gasteiger charge is 2.53. The van der Waals surface area contributed by atoms with E-state index in [1.54, 1.807) is 20.8 Å². The van der Waals surface area contributed by atoms with E-state index in [0.29, 0.717) is 0 Å². The van der Waals surface area contributed by atoms with Gasteiger partial charge in [0.15, 0.2) is 23.9 Å². The normalized spacial score (nSPS) is 27.7. The van der Waals surface area contributed by atoms with Crippen LogP contribution in [0, 0.1) is 5.92 Å². The molecule has 662 valence electrons. The molecule has 8 heterocycles. The average molecular weight is 1770 g/mol. The predicted molar refractivity (Wildman–Crippen MR) is 419 cm³/mol. The van der Waals surface area contributed by atoms with Crippen molar-refractivity contribution in [3.05, 3.63) is 141 Å². The molecule has 19 atom stereocenters. The summed E-state index contributed by atoms with van der Waals surface area (Å²) in [6, 6.07) is 2.64. The SMILES string of the molecule is CN[C@H](CC(C)C)C(=O)N[C@H]1C(=O)N[C@@H](CC(N)=O)C(=O)N[C@H]2C(=O)N[C@H]3C(=O)N[C@H](C(=O)N[C@@H](C(=O)NO)c4cc(O)cc(O)c4-c4cc3ccc4O)[C@H](O)c3ccc(c(Cl)c3)Oc3cc2cc(c3O[C@@H]2O[C@H](CO)[C@@H](O)[C@H](O)[C@H]2O[C@H]2C[C@](C)(NCC3CN(C(=O)Nc4ccc(OC(F)(F)F)cc4)CCO3)[C@H](O)[C@H](C)O2)Oc2ccc(cc2Cl)[C@H]1O. The molecule has 6 aromatic carbocycles.